The van der Waals surface area contributed by atoms with Crippen molar-refractivity contribution in [1.29, 1.82) is 0 Å². The number of nitrogens with zero attached hydrogens (tertiary/aromatic N) is 4. The molecule has 0 radical (unpaired) electrons. The molecule has 3 aromatic rings. The summed E-state index contributed by atoms with van der Waals surface area (Å²) in [5.41, 5.74) is 0.820. The minimum Gasteiger partial charge on any atom is -0.362 e. The highest BCUT2D eigenvalue weighted by molar-refractivity contribution is 7.91. The summed E-state index contributed by atoms with van der Waals surface area (Å²) in [6.07, 6.45) is 5.85. The molecule has 0 saturated heterocycles. The molecule has 0 bridgehead atoms. The topological polar surface area (TPSA) is 117 Å². The Morgan fingerprint density at radius 2 is 1.71 bits per heavy atom. The Labute approximate surface area is 226 Å². The second-order valence-corrected chi connectivity index (χ2v) is 11.1. The van der Waals surface area contributed by atoms with Crippen LogP contribution in [0.3, 0.4) is 0 Å². The lowest BCUT2D eigenvalue weighted by atomic mass is 9.91. The minimum atomic E-state index is -4.36. The first-order valence-corrected chi connectivity index (χ1v) is 13.3. The van der Waals surface area contributed by atoms with Gasteiger partial charge in [-0.2, -0.15) is 4.98 Å². The summed E-state index contributed by atoms with van der Waals surface area (Å²) in [6, 6.07) is 5.00. The first-order valence-electron chi connectivity index (χ1n) is 11.8. The molecule has 4 rings (SSSR count). The zero-order valence-corrected chi connectivity index (χ0v) is 22.7. The molecule has 1 aliphatic carbocycles. The van der Waals surface area contributed by atoms with Gasteiger partial charge in [0.05, 0.1) is 10.5 Å². The van der Waals surface area contributed by atoms with Crippen LogP contribution in [-0.2, 0) is 9.84 Å². The van der Waals surface area contributed by atoms with Crippen LogP contribution in [0.1, 0.15) is 41.6 Å². The highest BCUT2D eigenvalue weighted by Crippen LogP contribution is 2.26. The number of amides is 1. The molecule has 204 valence electrons. The van der Waals surface area contributed by atoms with Crippen LogP contribution in [0, 0.1) is 18.6 Å². The maximum absolute atomic E-state index is 13.7. The highest BCUT2D eigenvalue weighted by Gasteiger charge is 2.29. The number of hydrogen-bond donors (Lipinski definition) is 2. The van der Waals surface area contributed by atoms with Gasteiger partial charge < -0.3 is 15.5 Å². The molecule has 1 aliphatic rings. The van der Waals surface area contributed by atoms with Crippen LogP contribution in [0.2, 0.25) is 0 Å². The van der Waals surface area contributed by atoms with Crippen molar-refractivity contribution in [3.05, 3.63) is 65.5 Å². The Hall–Kier alpha value is -3.38. The lowest BCUT2D eigenvalue weighted by Crippen LogP contribution is -2.40. The van der Waals surface area contributed by atoms with E-state index in [4.69, 9.17) is 0 Å². The minimum absolute atomic E-state index is 0. The fourth-order valence-corrected chi connectivity index (χ4v) is 5.70. The van der Waals surface area contributed by atoms with Crippen molar-refractivity contribution in [2.45, 2.75) is 54.6 Å². The van der Waals surface area contributed by atoms with Gasteiger partial charge >= 0.3 is 0 Å². The number of nitrogens with one attached hydrogen (secondary N) is 2. The Bertz CT molecular complexity index is 1420. The summed E-state index contributed by atoms with van der Waals surface area (Å²) in [7, 11) is -0.516. The van der Waals surface area contributed by atoms with E-state index in [2.05, 4.69) is 25.6 Å². The van der Waals surface area contributed by atoms with Gasteiger partial charge in [0.25, 0.3) is 5.91 Å². The van der Waals surface area contributed by atoms with Crippen LogP contribution in [0.15, 0.2) is 52.6 Å². The fraction of sp³-hybridized carbons (Fsp3) is 0.360. The number of sulfone groups is 1. The number of carbonyl (C=O) groups excluding carboxylic acids is 1. The van der Waals surface area contributed by atoms with Crippen molar-refractivity contribution in [1.82, 2.24) is 20.3 Å². The van der Waals surface area contributed by atoms with Crippen LogP contribution in [0.5, 0.6) is 0 Å². The van der Waals surface area contributed by atoms with E-state index in [1.807, 2.05) is 25.9 Å². The largest absolute Gasteiger partial charge is 0.362 e. The molecule has 1 aromatic carbocycles. The third-order valence-corrected chi connectivity index (χ3v) is 7.94. The third-order valence-electron chi connectivity index (χ3n) is 6.24. The Morgan fingerprint density at radius 1 is 1.03 bits per heavy atom. The van der Waals surface area contributed by atoms with Gasteiger partial charge in [-0.25, -0.2) is 27.2 Å². The molecule has 0 unspecified atom stereocenters. The Balaban J connectivity index is 0.00000400. The van der Waals surface area contributed by atoms with E-state index >= 15 is 0 Å². The maximum atomic E-state index is 13.7. The van der Waals surface area contributed by atoms with Crippen molar-refractivity contribution in [2.24, 2.45) is 0 Å². The van der Waals surface area contributed by atoms with Crippen LogP contribution >= 0.6 is 12.4 Å². The standard InChI is InChI=1S/C25H28F2N6O3S.ClH/c1-15-14-29-25(32-22(15)33(2)3)31-17-8-6-16(7-9-17)30-23(34)19-5-4-12-28-24(19)37(35,36)18-10-11-20(26)21(27)13-18;/h4-5,10-14,16-17H,6-9H2,1-3H3,(H,30,34)(H,29,31,32);1H/t16-,17+;. The second kappa shape index (κ2) is 12.0. The molecular formula is C25H29ClF2N6O3S. The molecule has 1 amide bonds. The molecule has 2 heterocycles. The average Bonchev–Trinajstić information content (AvgIpc) is 2.87. The number of carbonyl (C=O) groups is 1. The van der Waals surface area contributed by atoms with Gasteiger partial charge in [0, 0.05) is 44.1 Å². The summed E-state index contributed by atoms with van der Waals surface area (Å²) in [6.45, 7) is 1.95. The van der Waals surface area contributed by atoms with Gasteiger partial charge in [0.15, 0.2) is 16.7 Å². The van der Waals surface area contributed by atoms with Crippen LogP contribution < -0.4 is 15.5 Å². The lowest BCUT2D eigenvalue weighted by Gasteiger charge is -2.30. The van der Waals surface area contributed by atoms with E-state index in [-0.39, 0.29) is 30.1 Å². The molecule has 13 heteroatoms. The van der Waals surface area contributed by atoms with E-state index in [9.17, 15) is 22.0 Å². The molecule has 9 nitrogen and oxygen atoms in total. The molecule has 38 heavy (non-hydrogen) atoms. The zero-order valence-electron chi connectivity index (χ0n) is 21.1. The summed E-state index contributed by atoms with van der Waals surface area (Å²) >= 11 is 0. The first kappa shape index (κ1) is 29.2. The SMILES string of the molecule is Cc1cnc(N[C@H]2CC[C@@H](NC(=O)c3cccnc3S(=O)(=O)c3ccc(F)c(F)c3)CC2)nc1N(C)C.Cl. The molecule has 1 saturated carbocycles. The van der Waals surface area contributed by atoms with E-state index in [1.165, 1.54) is 18.3 Å². The van der Waals surface area contributed by atoms with Crippen LogP contribution in [-0.4, -0.2) is 55.5 Å². The lowest BCUT2D eigenvalue weighted by molar-refractivity contribution is 0.0922. The number of anilines is 2. The summed E-state index contributed by atoms with van der Waals surface area (Å²) < 4.78 is 53.1. The second-order valence-electron chi connectivity index (χ2n) is 9.20. The molecule has 0 aliphatic heterocycles. The van der Waals surface area contributed by atoms with Crippen LogP contribution in [0.4, 0.5) is 20.5 Å². The van der Waals surface area contributed by atoms with Gasteiger partial charge in [-0.3, -0.25) is 4.79 Å². The summed E-state index contributed by atoms with van der Waals surface area (Å²) in [5, 5.41) is 5.74. The van der Waals surface area contributed by atoms with Gasteiger partial charge in [0.1, 0.15) is 5.82 Å². The normalized spacial score (nSPS) is 17.3. The Morgan fingerprint density at radius 3 is 2.37 bits per heavy atom. The van der Waals surface area contributed by atoms with Crippen molar-refractivity contribution >= 4 is 39.9 Å². The van der Waals surface area contributed by atoms with Crippen LogP contribution in [0.25, 0.3) is 0 Å². The molecule has 1 fully saturated rings. The molecule has 2 aromatic heterocycles. The quantitative estimate of drug-likeness (QED) is 0.413. The molecular weight excluding hydrogens is 538 g/mol. The van der Waals surface area contributed by atoms with Crippen molar-refractivity contribution < 1.29 is 22.0 Å². The van der Waals surface area contributed by atoms with E-state index in [0.29, 0.717) is 24.9 Å². The van der Waals surface area contributed by atoms with Gasteiger partial charge in [0.2, 0.25) is 15.8 Å². The monoisotopic (exact) mass is 566 g/mol. The maximum Gasteiger partial charge on any atom is 0.254 e. The van der Waals surface area contributed by atoms with Gasteiger partial charge in [-0.15, -0.1) is 12.4 Å². The number of aryl methyl sites for hydroxylation is 1. The van der Waals surface area contributed by atoms with Crippen molar-refractivity contribution in [3.63, 3.8) is 0 Å². The predicted molar refractivity (Wildman–Crippen MR) is 142 cm³/mol. The number of pyridine rings is 1. The third kappa shape index (κ3) is 6.36. The zero-order chi connectivity index (χ0) is 26.7. The van der Waals surface area contributed by atoms with Crippen molar-refractivity contribution in [3.8, 4) is 0 Å². The van der Waals surface area contributed by atoms with E-state index in [0.717, 1.165) is 36.4 Å². The summed E-state index contributed by atoms with van der Waals surface area (Å²) in [4.78, 5) is 27.3. The summed E-state index contributed by atoms with van der Waals surface area (Å²) in [5.74, 6) is -1.69. The Kier molecular flexibility index (Phi) is 9.21. The number of hydrogen-bond acceptors (Lipinski definition) is 8. The molecule has 2 N–H and O–H groups in total. The van der Waals surface area contributed by atoms with Crippen molar-refractivity contribution in [2.75, 3.05) is 24.3 Å². The fourth-order valence-electron chi connectivity index (χ4n) is 4.32. The highest BCUT2D eigenvalue weighted by atomic mass is 35.5. The first-order chi connectivity index (χ1) is 17.6. The molecule has 0 atom stereocenters. The average molecular weight is 567 g/mol. The number of benzene rings is 1. The number of rotatable bonds is 7. The predicted octanol–water partition coefficient (Wildman–Crippen LogP) is 3.93. The van der Waals surface area contributed by atoms with E-state index < -0.39 is 37.3 Å². The number of halogens is 3. The smallest absolute Gasteiger partial charge is 0.254 e. The van der Waals surface area contributed by atoms with Gasteiger partial charge in [-0.05, 0) is 62.9 Å². The van der Waals surface area contributed by atoms with Gasteiger partial charge in [-0.1, -0.05) is 0 Å². The molecule has 0 spiro atoms. The van der Waals surface area contributed by atoms with E-state index in [1.54, 1.807) is 6.20 Å². The number of aromatic nitrogens is 3.